The van der Waals surface area contributed by atoms with Gasteiger partial charge in [0.05, 0.1) is 25.0 Å². The van der Waals surface area contributed by atoms with Gasteiger partial charge in [-0.3, -0.25) is 0 Å². The van der Waals surface area contributed by atoms with Gasteiger partial charge in [-0.05, 0) is 18.2 Å². The lowest BCUT2D eigenvalue weighted by atomic mass is 10.2. The first-order chi connectivity index (χ1) is 7.92. The van der Waals surface area contributed by atoms with E-state index >= 15 is 0 Å². The van der Waals surface area contributed by atoms with E-state index in [1.54, 1.807) is 0 Å². The summed E-state index contributed by atoms with van der Waals surface area (Å²) in [5.74, 6) is -1.65. The average molecular weight is 260 g/mol. The second kappa shape index (κ2) is 5.15. The second-order valence-electron chi connectivity index (χ2n) is 3.21. The van der Waals surface area contributed by atoms with Crippen LogP contribution in [0.25, 0.3) is 0 Å². The standard InChI is InChI=1S/C10H12O6S/c1-16-8-3-2-7(10(12)13)6-9(8)17(14,15)5-4-11/h2-3,6,11H,4-5H2,1H3,(H,12,13). The third-order valence-corrected chi connectivity index (χ3v) is 3.81. The van der Waals surface area contributed by atoms with Gasteiger partial charge in [0.25, 0.3) is 0 Å². The number of aromatic carboxylic acids is 1. The van der Waals surface area contributed by atoms with Crippen LogP contribution in [0.4, 0.5) is 0 Å². The molecular weight excluding hydrogens is 248 g/mol. The lowest BCUT2D eigenvalue weighted by Crippen LogP contribution is -2.12. The van der Waals surface area contributed by atoms with Crippen molar-refractivity contribution in [1.29, 1.82) is 0 Å². The zero-order chi connectivity index (χ0) is 13.1. The zero-order valence-corrected chi connectivity index (χ0v) is 9.90. The molecule has 1 aromatic rings. The molecule has 1 rings (SSSR count). The number of rotatable bonds is 5. The van der Waals surface area contributed by atoms with E-state index in [0.717, 1.165) is 6.07 Å². The second-order valence-corrected chi connectivity index (χ2v) is 5.29. The third-order valence-electron chi connectivity index (χ3n) is 2.11. The Balaban J connectivity index is 3.38. The van der Waals surface area contributed by atoms with E-state index in [9.17, 15) is 13.2 Å². The molecule has 0 spiro atoms. The molecule has 6 nitrogen and oxygen atoms in total. The van der Waals surface area contributed by atoms with E-state index < -0.39 is 28.2 Å². The Morgan fingerprint density at radius 1 is 1.41 bits per heavy atom. The van der Waals surface area contributed by atoms with Gasteiger partial charge in [-0.1, -0.05) is 0 Å². The molecule has 0 amide bonds. The predicted molar refractivity (Wildman–Crippen MR) is 59.1 cm³/mol. The van der Waals surface area contributed by atoms with Gasteiger partial charge in [-0.25, -0.2) is 13.2 Å². The van der Waals surface area contributed by atoms with Gasteiger partial charge in [0.2, 0.25) is 0 Å². The molecule has 0 atom stereocenters. The Morgan fingerprint density at radius 3 is 2.53 bits per heavy atom. The minimum atomic E-state index is -3.75. The van der Waals surface area contributed by atoms with Gasteiger partial charge < -0.3 is 14.9 Å². The number of carboxylic acids is 1. The van der Waals surface area contributed by atoms with Crippen molar-refractivity contribution in [3.63, 3.8) is 0 Å². The van der Waals surface area contributed by atoms with Crippen molar-refractivity contribution in [3.05, 3.63) is 23.8 Å². The molecule has 0 saturated carbocycles. The highest BCUT2D eigenvalue weighted by Crippen LogP contribution is 2.25. The van der Waals surface area contributed by atoms with Crippen LogP contribution in [0.1, 0.15) is 10.4 Å². The first-order valence-electron chi connectivity index (χ1n) is 4.67. The van der Waals surface area contributed by atoms with Crippen LogP contribution in [0.2, 0.25) is 0 Å². The SMILES string of the molecule is COc1ccc(C(=O)O)cc1S(=O)(=O)CCO. The number of aliphatic hydroxyl groups is 1. The maximum Gasteiger partial charge on any atom is 0.335 e. The van der Waals surface area contributed by atoms with Crippen LogP contribution < -0.4 is 4.74 Å². The van der Waals surface area contributed by atoms with Crippen molar-refractivity contribution >= 4 is 15.8 Å². The zero-order valence-electron chi connectivity index (χ0n) is 9.08. The summed E-state index contributed by atoms with van der Waals surface area (Å²) in [5, 5.41) is 17.5. The molecule has 0 radical (unpaired) electrons. The van der Waals surface area contributed by atoms with Gasteiger partial charge in [0, 0.05) is 0 Å². The van der Waals surface area contributed by atoms with Crippen molar-refractivity contribution in [3.8, 4) is 5.75 Å². The third kappa shape index (κ3) is 2.95. The summed E-state index contributed by atoms with van der Waals surface area (Å²) in [6.07, 6.45) is 0. The summed E-state index contributed by atoms with van der Waals surface area (Å²) in [6.45, 7) is -0.539. The van der Waals surface area contributed by atoms with E-state index in [2.05, 4.69) is 0 Å². The summed E-state index contributed by atoms with van der Waals surface area (Å²) in [5.41, 5.74) is -0.151. The van der Waals surface area contributed by atoms with Crippen molar-refractivity contribution in [1.82, 2.24) is 0 Å². The summed E-state index contributed by atoms with van der Waals surface area (Å²) >= 11 is 0. The number of carboxylic acid groups (broad SMARTS) is 1. The van der Waals surface area contributed by atoms with Crippen molar-refractivity contribution in [2.75, 3.05) is 19.5 Å². The van der Waals surface area contributed by atoms with Crippen molar-refractivity contribution < 1.29 is 28.2 Å². The van der Waals surface area contributed by atoms with Crippen LogP contribution in [0, 0.1) is 0 Å². The van der Waals surface area contributed by atoms with E-state index in [1.165, 1.54) is 19.2 Å². The highest BCUT2D eigenvalue weighted by atomic mass is 32.2. The van der Waals surface area contributed by atoms with Crippen LogP contribution in [0.5, 0.6) is 5.75 Å². The molecule has 0 unspecified atom stereocenters. The monoisotopic (exact) mass is 260 g/mol. The minimum absolute atomic E-state index is 0.0588. The molecule has 0 bridgehead atoms. The molecule has 0 heterocycles. The van der Waals surface area contributed by atoms with Gasteiger partial charge in [-0.15, -0.1) is 0 Å². The minimum Gasteiger partial charge on any atom is -0.495 e. The summed E-state index contributed by atoms with van der Waals surface area (Å²) in [6, 6.07) is 3.54. The molecule has 0 fully saturated rings. The number of hydrogen-bond acceptors (Lipinski definition) is 5. The van der Waals surface area contributed by atoms with Crippen molar-refractivity contribution in [2.45, 2.75) is 4.90 Å². The lowest BCUT2D eigenvalue weighted by molar-refractivity contribution is 0.0696. The number of benzene rings is 1. The van der Waals surface area contributed by atoms with Gasteiger partial charge in [0.15, 0.2) is 9.84 Å². The summed E-state index contributed by atoms with van der Waals surface area (Å²) in [7, 11) is -2.46. The van der Waals surface area contributed by atoms with E-state index in [1.807, 2.05) is 0 Å². The molecule has 0 saturated heterocycles. The first-order valence-corrected chi connectivity index (χ1v) is 6.32. The predicted octanol–water partition coefficient (Wildman–Crippen LogP) is 0.159. The number of ether oxygens (including phenoxy) is 1. The molecule has 94 valence electrons. The molecule has 7 heteroatoms. The molecule has 17 heavy (non-hydrogen) atoms. The molecule has 0 aromatic heterocycles. The molecule has 2 N–H and O–H groups in total. The lowest BCUT2D eigenvalue weighted by Gasteiger charge is -2.09. The highest BCUT2D eigenvalue weighted by Gasteiger charge is 2.21. The van der Waals surface area contributed by atoms with Crippen LogP contribution >= 0.6 is 0 Å². The molecule has 0 aliphatic carbocycles. The number of sulfone groups is 1. The van der Waals surface area contributed by atoms with Crippen LogP contribution in [-0.4, -0.2) is 44.1 Å². The maximum atomic E-state index is 11.8. The number of carbonyl (C=O) groups is 1. The van der Waals surface area contributed by atoms with Gasteiger partial charge >= 0.3 is 5.97 Å². The summed E-state index contributed by atoms with van der Waals surface area (Å²) < 4.78 is 28.4. The van der Waals surface area contributed by atoms with Gasteiger partial charge in [-0.2, -0.15) is 0 Å². The Hall–Kier alpha value is -1.60. The van der Waals surface area contributed by atoms with Crippen LogP contribution in [-0.2, 0) is 9.84 Å². The fraction of sp³-hybridized carbons (Fsp3) is 0.300. The normalized spacial score (nSPS) is 11.2. The van der Waals surface area contributed by atoms with E-state index in [4.69, 9.17) is 14.9 Å². The van der Waals surface area contributed by atoms with Gasteiger partial charge in [0.1, 0.15) is 10.6 Å². The van der Waals surface area contributed by atoms with E-state index in [0.29, 0.717) is 0 Å². The quantitative estimate of drug-likeness (QED) is 0.782. The van der Waals surface area contributed by atoms with Crippen LogP contribution in [0.15, 0.2) is 23.1 Å². The average Bonchev–Trinajstić information content (AvgIpc) is 2.28. The Bertz CT molecular complexity index is 520. The highest BCUT2D eigenvalue weighted by molar-refractivity contribution is 7.91. The summed E-state index contributed by atoms with van der Waals surface area (Å²) in [4.78, 5) is 10.5. The number of methoxy groups -OCH3 is 1. The first kappa shape index (κ1) is 13.5. The number of hydrogen-bond donors (Lipinski definition) is 2. The molecule has 1 aromatic carbocycles. The molecular formula is C10H12O6S. The van der Waals surface area contributed by atoms with Crippen molar-refractivity contribution in [2.24, 2.45) is 0 Å². The largest absolute Gasteiger partial charge is 0.495 e. The fourth-order valence-electron chi connectivity index (χ4n) is 1.28. The Morgan fingerprint density at radius 2 is 2.06 bits per heavy atom. The Kier molecular flexibility index (Phi) is 4.08. The van der Waals surface area contributed by atoms with Crippen LogP contribution in [0.3, 0.4) is 0 Å². The number of aliphatic hydroxyl groups excluding tert-OH is 1. The smallest absolute Gasteiger partial charge is 0.335 e. The van der Waals surface area contributed by atoms with E-state index in [-0.39, 0.29) is 16.2 Å². The fourth-order valence-corrected chi connectivity index (χ4v) is 2.51. The molecule has 0 aliphatic rings. The topological polar surface area (TPSA) is 101 Å². The Labute approximate surface area is 98.4 Å². The maximum absolute atomic E-state index is 11.8. The molecule has 0 aliphatic heterocycles.